The first kappa shape index (κ1) is 21.8. The molecule has 5 nitrogen and oxygen atoms in total. The lowest BCUT2D eigenvalue weighted by atomic mass is 9.74. The van der Waals surface area contributed by atoms with E-state index in [0.29, 0.717) is 11.1 Å². The van der Waals surface area contributed by atoms with Crippen LogP contribution in [0.3, 0.4) is 0 Å². The second-order valence-corrected chi connectivity index (χ2v) is 7.54. The van der Waals surface area contributed by atoms with Gasteiger partial charge in [-0.2, -0.15) is 0 Å². The van der Waals surface area contributed by atoms with Gasteiger partial charge in [0.25, 0.3) is 0 Å². The van der Waals surface area contributed by atoms with Crippen LogP contribution in [0, 0.1) is 18.8 Å². The van der Waals surface area contributed by atoms with Crippen LogP contribution >= 0.6 is 15.9 Å². The van der Waals surface area contributed by atoms with Crippen LogP contribution in [-0.4, -0.2) is 31.9 Å². The molecule has 28 heavy (non-hydrogen) atoms. The van der Waals surface area contributed by atoms with E-state index in [0.717, 1.165) is 10.0 Å². The summed E-state index contributed by atoms with van der Waals surface area (Å²) in [5.41, 5.74) is 2.24. The molecule has 0 aromatic heterocycles. The zero-order valence-electron chi connectivity index (χ0n) is 16.3. The van der Waals surface area contributed by atoms with Crippen LogP contribution in [0.2, 0.25) is 0 Å². The Balaban J connectivity index is 2.53. The Bertz CT molecular complexity index is 826. The fourth-order valence-electron chi connectivity index (χ4n) is 3.24. The number of esters is 2. The maximum absolute atomic E-state index is 13.2. The summed E-state index contributed by atoms with van der Waals surface area (Å²) < 4.78 is 10.6. The van der Waals surface area contributed by atoms with Crippen LogP contribution < -0.4 is 0 Å². The van der Waals surface area contributed by atoms with Crippen molar-refractivity contribution in [2.75, 3.05) is 14.2 Å². The first-order valence-electron chi connectivity index (χ1n) is 8.82. The van der Waals surface area contributed by atoms with E-state index in [-0.39, 0.29) is 5.78 Å². The first-order valence-corrected chi connectivity index (χ1v) is 9.61. The quantitative estimate of drug-likeness (QED) is 0.359. The van der Waals surface area contributed by atoms with Gasteiger partial charge in [0, 0.05) is 21.9 Å². The van der Waals surface area contributed by atoms with E-state index in [2.05, 4.69) is 15.9 Å². The highest BCUT2D eigenvalue weighted by Crippen LogP contribution is 2.36. The Kier molecular flexibility index (Phi) is 7.52. The summed E-state index contributed by atoms with van der Waals surface area (Å²) in [5, 5.41) is 0. The predicted octanol–water partition coefficient (Wildman–Crippen LogP) is 4.32. The minimum Gasteiger partial charge on any atom is -0.468 e. The van der Waals surface area contributed by atoms with Gasteiger partial charge >= 0.3 is 11.9 Å². The van der Waals surface area contributed by atoms with Crippen LogP contribution in [0.1, 0.15) is 34.3 Å². The average Bonchev–Trinajstić information content (AvgIpc) is 2.71. The summed E-state index contributed by atoms with van der Waals surface area (Å²) in [6.45, 7) is 3.65. The van der Waals surface area contributed by atoms with Crippen molar-refractivity contribution in [1.82, 2.24) is 0 Å². The van der Waals surface area contributed by atoms with E-state index >= 15 is 0 Å². The van der Waals surface area contributed by atoms with E-state index in [1.807, 2.05) is 19.1 Å². The molecule has 2 aromatic carbocycles. The van der Waals surface area contributed by atoms with Crippen molar-refractivity contribution in [2.45, 2.75) is 19.8 Å². The summed E-state index contributed by atoms with van der Waals surface area (Å²) in [5.74, 6) is -4.27. The third-order valence-electron chi connectivity index (χ3n) is 4.81. The molecule has 0 saturated carbocycles. The molecule has 6 heteroatoms. The lowest BCUT2D eigenvalue weighted by Gasteiger charge is -2.28. The Morgan fingerprint density at radius 2 is 1.36 bits per heavy atom. The zero-order valence-corrected chi connectivity index (χ0v) is 17.9. The van der Waals surface area contributed by atoms with Gasteiger partial charge < -0.3 is 9.47 Å². The van der Waals surface area contributed by atoms with Crippen molar-refractivity contribution in [3.05, 3.63) is 69.7 Å². The molecule has 0 aliphatic heterocycles. The van der Waals surface area contributed by atoms with Crippen LogP contribution in [0.25, 0.3) is 0 Å². The second-order valence-electron chi connectivity index (χ2n) is 6.62. The molecule has 0 fully saturated rings. The van der Waals surface area contributed by atoms with E-state index in [9.17, 15) is 14.4 Å². The third-order valence-corrected chi connectivity index (χ3v) is 5.34. The number of carbonyl (C=O) groups is 3. The van der Waals surface area contributed by atoms with Crippen LogP contribution in [-0.2, 0) is 19.1 Å². The zero-order chi connectivity index (χ0) is 20.8. The number of methoxy groups -OCH3 is 2. The number of Topliss-reactive ketones (excluding diaryl/α,β-unsaturated/α-hetero) is 1. The largest absolute Gasteiger partial charge is 0.468 e. The van der Waals surface area contributed by atoms with Crippen molar-refractivity contribution in [1.29, 1.82) is 0 Å². The van der Waals surface area contributed by atoms with Gasteiger partial charge in [-0.3, -0.25) is 14.4 Å². The number of aryl methyl sites for hydroxylation is 1. The highest BCUT2D eigenvalue weighted by molar-refractivity contribution is 9.10. The van der Waals surface area contributed by atoms with Crippen molar-refractivity contribution >= 4 is 33.7 Å². The van der Waals surface area contributed by atoms with E-state index < -0.39 is 29.7 Å². The Labute approximate surface area is 173 Å². The van der Waals surface area contributed by atoms with Gasteiger partial charge in [0.2, 0.25) is 0 Å². The molecule has 0 aliphatic rings. The maximum atomic E-state index is 13.2. The maximum Gasteiger partial charge on any atom is 0.320 e. The standard InChI is InChI=1S/C22H23BrO5/c1-13-5-7-16(8-6-13)20(24)14(2)18(15-9-11-17(23)12-10-15)19(21(25)27-3)22(26)28-4/h5-12,14,18-19H,1-4H3/t14-,18-/m1/s1. The summed E-state index contributed by atoms with van der Waals surface area (Å²) >= 11 is 3.38. The molecule has 2 rings (SSSR count). The molecule has 2 atom stereocenters. The highest BCUT2D eigenvalue weighted by atomic mass is 79.9. The SMILES string of the molecule is COC(=O)C(C(=O)OC)[C@@H](c1ccc(Br)cc1)[C@@H](C)C(=O)c1ccc(C)cc1. The van der Waals surface area contributed by atoms with E-state index in [1.54, 1.807) is 43.3 Å². The minimum absolute atomic E-state index is 0.161. The lowest BCUT2D eigenvalue weighted by Crippen LogP contribution is -2.37. The minimum atomic E-state index is -1.25. The Hall–Kier alpha value is -2.47. The van der Waals surface area contributed by atoms with Gasteiger partial charge in [-0.05, 0) is 24.6 Å². The summed E-state index contributed by atoms with van der Waals surface area (Å²) in [7, 11) is 2.42. The Morgan fingerprint density at radius 3 is 1.82 bits per heavy atom. The molecule has 0 bridgehead atoms. The predicted molar refractivity (Wildman–Crippen MR) is 109 cm³/mol. The molecule has 0 radical (unpaired) electrons. The van der Waals surface area contributed by atoms with Gasteiger partial charge in [0.05, 0.1) is 14.2 Å². The molecular formula is C22H23BrO5. The summed E-state index contributed by atoms with van der Waals surface area (Å²) in [6.07, 6.45) is 0. The Morgan fingerprint density at radius 1 is 0.857 bits per heavy atom. The molecular weight excluding hydrogens is 424 g/mol. The number of hydrogen-bond donors (Lipinski definition) is 0. The molecule has 2 aromatic rings. The average molecular weight is 447 g/mol. The van der Waals surface area contributed by atoms with Crippen LogP contribution in [0.15, 0.2) is 53.0 Å². The van der Waals surface area contributed by atoms with Crippen molar-refractivity contribution in [3.63, 3.8) is 0 Å². The first-order chi connectivity index (χ1) is 13.3. The van der Waals surface area contributed by atoms with Gasteiger partial charge in [-0.1, -0.05) is 64.8 Å². The third kappa shape index (κ3) is 4.87. The number of carbonyl (C=O) groups excluding carboxylic acids is 3. The van der Waals surface area contributed by atoms with Gasteiger partial charge in [-0.25, -0.2) is 0 Å². The molecule has 0 N–H and O–H groups in total. The number of hydrogen-bond acceptors (Lipinski definition) is 5. The normalized spacial score (nSPS) is 12.9. The molecule has 0 unspecified atom stereocenters. The summed E-state index contributed by atoms with van der Waals surface area (Å²) in [4.78, 5) is 38.1. The van der Waals surface area contributed by atoms with Crippen molar-refractivity contribution < 1.29 is 23.9 Å². The number of rotatable bonds is 7. The topological polar surface area (TPSA) is 69.7 Å². The fraction of sp³-hybridized carbons (Fsp3) is 0.318. The van der Waals surface area contributed by atoms with Crippen LogP contribution in [0.5, 0.6) is 0 Å². The molecule has 0 saturated heterocycles. The van der Waals surface area contributed by atoms with Crippen molar-refractivity contribution in [2.24, 2.45) is 11.8 Å². The van der Waals surface area contributed by atoms with Gasteiger partial charge in [0.1, 0.15) is 0 Å². The molecule has 0 heterocycles. The van der Waals surface area contributed by atoms with E-state index in [1.165, 1.54) is 14.2 Å². The number of ketones is 1. The monoisotopic (exact) mass is 446 g/mol. The number of ether oxygens (including phenoxy) is 2. The molecule has 148 valence electrons. The highest BCUT2D eigenvalue weighted by Gasteiger charge is 2.43. The smallest absolute Gasteiger partial charge is 0.320 e. The second kappa shape index (κ2) is 9.64. The van der Waals surface area contributed by atoms with Crippen molar-refractivity contribution in [3.8, 4) is 0 Å². The van der Waals surface area contributed by atoms with Crippen LogP contribution in [0.4, 0.5) is 0 Å². The molecule has 0 amide bonds. The lowest BCUT2D eigenvalue weighted by molar-refractivity contribution is -0.160. The summed E-state index contributed by atoms with van der Waals surface area (Å²) in [6, 6.07) is 14.4. The molecule has 0 aliphatic carbocycles. The van der Waals surface area contributed by atoms with Gasteiger partial charge in [0.15, 0.2) is 11.7 Å². The number of halogens is 1. The van der Waals surface area contributed by atoms with Gasteiger partial charge in [-0.15, -0.1) is 0 Å². The fourth-order valence-corrected chi connectivity index (χ4v) is 3.51. The molecule has 0 spiro atoms. The van der Waals surface area contributed by atoms with E-state index in [4.69, 9.17) is 9.47 Å². The number of benzene rings is 2.